The predicted octanol–water partition coefficient (Wildman–Crippen LogP) is 3.03. The number of para-hydroxylation sites is 1. The van der Waals surface area contributed by atoms with E-state index in [4.69, 9.17) is 0 Å². The highest BCUT2D eigenvalue weighted by Gasteiger charge is 2.25. The fraction of sp³-hybridized carbons (Fsp3) is 0.400. The zero-order valence-electron chi connectivity index (χ0n) is 10.8. The van der Waals surface area contributed by atoms with Crippen molar-refractivity contribution < 1.29 is 4.79 Å². The SMILES string of the molecule is O=C(c1cnnn1-c1ccccc1)C1CCCCC1. The summed E-state index contributed by atoms with van der Waals surface area (Å²) in [7, 11) is 0. The molecule has 1 aliphatic carbocycles. The Labute approximate surface area is 112 Å². The molecule has 1 heterocycles. The second-order valence-electron chi connectivity index (χ2n) is 5.07. The third-order valence-electron chi connectivity index (χ3n) is 3.78. The van der Waals surface area contributed by atoms with Gasteiger partial charge in [0.1, 0.15) is 5.69 Å². The minimum Gasteiger partial charge on any atom is -0.292 e. The molecule has 1 aliphatic rings. The van der Waals surface area contributed by atoms with Crippen LogP contribution in [0.5, 0.6) is 0 Å². The Morgan fingerprint density at radius 1 is 1.11 bits per heavy atom. The molecule has 0 bridgehead atoms. The van der Waals surface area contributed by atoms with Gasteiger partial charge >= 0.3 is 0 Å². The van der Waals surface area contributed by atoms with E-state index < -0.39 is 0 Å². The summed E-state index contributed by atoms with van der Waals surface area (Å²) < 4.78 is 1.65. The summed E-state index contributed by atoms with van der Waals surface area (Å²) in [6.45, 7) is 0. The first-order valence-corrected chi connectivity index (χ1v) is 6.86. The van der Waals surface area contributed by atoms with Crippen molar-refractivity contribution in [3.8, 4) is 5.69 Å². The first-order chi connectivity index (χ1) is 9.36. The van der Waals surface area contributed by atoms with Gasteiger partial charge in [0.15, 0.2) is 5.78 Å². The van der Waals surface area contributed by atoms with Crippen molar-refractivity contribution in [2.45, 2.75) is 32.1 Å². The molecule has 1 fully saturated rings. The van der Waals surface area contributed by atoms with E-state index in [0.717, 1.165) is 31.4 Å². The maximum atomic E-state index is 12.6. The molecular weight excluding hydrogens is 238 g/mol. The summed E-state index contributed by atoms with van der Waals surface area (Å²) in [5.74, 6) is 0.336. The van der Waals surface area contributed by atoms with Crippen LogP contribution in [0.15, 0.2) is 36.5 Å². The van der Waals surface area contributed by atoms with Crippen molar-refractivity contribution in [2.24, 2.45) is 5.92 Å². The Morgan fingerprint density at radius 3 is 2.58 bits per heavy atom. The van der Waals surface area contributed by atoms with E-state index in [1.807, 2.05) is 30.3 Å². The predicted molar refractivity (Wildman–Crippen MR) is 72.3 cm³/mol. The lowest BCUT2D eigenvalue weighted by molar-refractivity contribution is 0.0881. The summed E-state index contributed by atoms with van der Waals surface area (Å²) in [6, 6.07) is 9.69. The van der Waals surface area contributed by atoms with E-state index >= 15 is 0 Å². The number of ketones is 1. The van der Waals surface area contributed by atoms with Crippen molar-refractivity contribution >= 4 is 5.78 Å². The van der Waals surface area contributed by atoms with Gasteiger partial charge in [-0.1, -0.05) is 42.7 Å². The topological polar surface area (TPSA) is 47.8 Å². The second kappa shape index (κ2) is 5.34. The first-order valence-electron chi connectivity index (χ1n) is 6.86. The smallest absolute Gasteiger partial charge is 0.186 e. The largest absolute Gasteiger partial charge is 0.292 e. The highest BCUT2D eigenvalue weighted by molar-refractivity contribution is 5.96. The molecule has 0 amide bonds. The third kappa shape index (κ3) is 2.43. The van der Waals surface area contributed by atoms with Crippen molar-refractivity contribution in [1.82, 2.24) is 15.0 Å². The van der Waals surface area contributed by atoms with Gasteiger partial charge in [-0.2, -0.15) is 0 Å². The van der Waals surface area contributed by atoms with Gasteiger partial charge in [-0.3, -0.25) is 4.79 Å². The van der Waals surface area contributed by atoms with Gasteiger partial charge in [0.25, 0.3) is 0 Å². The fourth-order valence-corrected chi connectivity index (χ4v) is 2.74. The molecule has 1 aromatic heterocycles. The van der Waals surface area contributed by atoms with E-state index in [9.17, 15) is 4.79 Å². The van der Waals surface area contributed by atoms with Crippen molar-refractivity contribution in [3.05, 3.63) is 42.2 Å². The number of benzene rings is 1. The van der Waals surface area contributed by atoms with Crippen LogP contribution in [0, 0.1) is 5.92 Å². The molecule has 0 N–H and O–H groups in total. The lowest BCUT2D eigenvalue weighted by Gasteiger charge is -2.20. The average Bonchev–Trinajstić information content (AvgIpc) is 2.98. The number of hydrogen-bond donors (Lipinski definition) is 0. The number of aromatic nitrogens is 3. The fourth-order valence-electron chi connectivity index (χ4n) is 2.74. The normalized spacial score (nSPS) is 16.4. The van der Waals surface area contributed by atoms with E-state index in [1.165, 1.54) is 6.42 Å². The lowest BCUT2D eigenvalue weighted by Crippen LogP contribution is -2.20. The quantitative estimate of drug-likeness (QED) is 0.792. The highest BCUT2D eigenvalue weighted by Crippen LogP contribution is 2.27. The second-order valence-corrected chi connectivity index (χ2v) is 5.07. The van der Waals surface area contributed by atoms with Crippen LogP contribution in [0.2, 0.25) is 0 Å². The highest BCUT2D eigenvalue weighted by atomic mass is 16.1. The van der Waals surface area contributed by atoms with Crippen LogP contribution in [0.1, 0.15) is 42.6 Å². The van der Waals surface area contributed by atoms with Crippen LogP contribution < -0.4 is 0 Å². The lowest BCUT2D eigenvalue weighted by atomic mass is 9.85. The summed E-state index contributed by atoms with van der Waals surface area (Å²) in [4.78, 5) is 12.6. The zero-order valence-corrected chi connectivity index (χ0v) is 10.8. The monoisotopic (exact) mass is 255 g/mol. The molecule has 0 spiro atoms. The van der Waals surface area contributed by atoms with Crippen molar-refractivity contribution in [2.75, 3.05) is 0 Å². The maximum absolute atomic E-state index is 12.6. The van der Waals surface area contributed by atoms with Crippen LogP contribution in [0.3, 0.4) is 0 Å². The van der Waals surface area contributed by atoms with Gasteiger partial charge in [0.05, 0.1) is 11.9 Å². The molecule has 1 saturated carbocycles. The number of Topliss-reactive ketones (excluding diaryl/α,β-unsaturated/α-hetero) is 1. The van der Waals surface area contributed by atoms with E-state index in [2.05, 4.69) is 10.3 Å². The van der Waals surface area contributed by atoms with E-state index in [0.29, 0.717) is 5.69 Å². The Morgan fingerprint density at radius 2 is 1.84 bits per heavy atom. The van der Waals surface area contributed by atoms with Gasteiger partial charge in [-0.15, -0.1) is 5.10 Å². The van der Waals surface area contributed by atoms with Crippen molar-refractivity contribution in [3.63, 3.8) is 0 Å². The van der Waals surface area contributed by atoms with Gasteiger partial charge in [-0.25, -0.2) is 4.68 Å². The Hall–Kier alpha value is -1.97. The van der Waals surface area contributed by atoms with E-state index in [-0.39, 0.29) is 11.7 Å². The Balaban J connectivity index is 1.89. The summed E-state index contributed by atoms with van der Waals surface area (Å²) in [6.07, 6.45) is 7.15. The van der Waals surface area contributed by atoms with Gasteiger partial charge in [0, 0.05) is 5.92 Å². The molecule has 0 saturated heterocycles. The molecule has 98 valence electrons. The number of rotatable bonds is 3. The first kappa shape index (κ1) is 12.1. The van der Waals surface area contributed by atoms with Crippen LogP contribution in [0.25, 0.3) is 5.69 Å². The van der Waals surface area contributed by atoms with Crippen molar-refractivity contribution in [1.29, 1.82) is 0 Å². The minimum atomic E-state index is 0.148. The standard InChI is InChI=1S/C15H17N3O/c19-15(12-7-3-1-4-8-12)14-11-16-17-18(14)13-9-5-2-6-10-13/h2,5-6,9-12H,1,3-4,7-8H2. The van der Waals surface area contributed by atoms with Crippen LogP contribution in [-0.4, -0.2) is 20.8 Å². The maximum Gasteiger partial charge on any atom is 0.186 e. The van der Waals surface area contributed by atoms with Crippen LogP contribution >= 0.6 is 0 Å². The van der Waals surface area contributed by atoms with Gasteiger partial charge in [-0.05, 0) is 25.0 Å². The molecule has 2 aromatic rings. The summed E-state index contributed by atoms with van der Waals surface area (Å²) >= 11 is 0. The van der Waals surface area contributed by atoms with Crippen LogP contribution in [0.4, 0.5) is 0 Å². The number of hydrogen-bond acceptors (Lipinski definition) is 3. The van der Waals surface area contributed by atoms with Gasteiger partial charge < -0.3 is 0 Å². The zero-order chi connectivity index (χ0) is 13.1. The molecule has 19 heavy (non-hydrogen) atoms. The van der Waals surface area contributed by atoms with E-state index in [1.54, 1.807) is 10.9 Å². The molecule has 4 heteroatoms. The molecule has 0 atom stereocenters. The summed E-state index contributed by atoms with van der Waals surface area (Å²) in [5.41, 5.74) is 1.50. The molecule has 4 nitrogen and oxygen atoms in total. The molecule has 1 aromatic carbocycles. The number of carbonyl (C=O) groups is 1. The summed E-state index contributed by atoms with van der Waals surface area (Å²) in [5, 5.41) is 7.95. The minimum absolute atomic E-state index is 0.148. The number of nitrogens with zero attached hydrogens (tertiary/aromatic N) is 3. The third-order valence-corrected chi connectivity index (χ3v) is 3.78. The molecule has 0 radical (unpaired) electrons. The average molecular weight is 255 g/mol. The molecular formula is C15H17N3O. The number of carbonyl (C=O) groups excluding carboxylic acids is 1. The molecule has 3 rings (SSSR count). The van der Waals surface area contributed by atoms with Crippen LogP contribution in [-0.2, 0) is 0 Å². The molecule has 0 unspecified atom stereocenters. The van der Waals surface area contributed by atoms with Gasteiger partial charge in [0.2, 0.25) is 0 Å². The molecule has 0 aliphatic heterocycles. The Kier molecular flexibility index (Phi) is 3.40. The Bertz CT molecular complexity index is 556.